The molecule has 2 aromatic rings. The van der Waals surface area contributed by atoms with Gasteiger partial charge in [-0.1, -0.05) is 5.16 Å². The van der Waals surface area contributed by atoms with Gasteiger partial charge < -0.3 is 25.7 Å². The zero-order valence-electron chi connectivity index (χ0n) is 19.4. The minimum absolute atomic E-state index is 0.0236. The Kier molecular flexibility index (Phi) is 7.81. The summed E-state index contributed by atoms with van der Waals surface area (Å²) in [6.07, 6.45) is 3.69. The summed E-state index contributed by atoms with van der Waals surface area (Å²) in [5, 5.41) is 15.9. The van der Waals surface area contributed by atoms with Gasteiger partial charge in [0.25, 0.3) is 11.8 Å². The van der Waals surface area contributed by atoms with E-state index in [2.05, 4.69) is 19.8 Å². The molecule has 2 amide bonds. The molecule has 4 heterocycles. The molecule has 2 atom stereocenters. The number of nitrogens with one attached hydrogen (secondary N) is 1. The number of rotatable bonds is 10. The predicted molar refractivity (Wildman–Crippen MR) is 130 cm³/mol. The standard InChI is InChI=1S/C21H23N7O6S2/c1-3-34-25-13(16-24-21(22)36-26-16)17(29)23-14-18(30)28-15(20(31)32)12(10-35-19(14)28)8-27-6-4-5-11(7-27)9-33-2/h4-7,14,19H,3,8-10H2,1-2H3,(H3-,22,23,24,26,29,31,32)/p+1/t14?,19-/m1/s1. The monoisotopic (exact) mass is 534 g/mol. The van der Waals surface area contributed by atoms with Crippen LogP contribution in [0.15, 0.2) is 41.0 Å². The van der Waals surface area contributed by atoms with Crippen LogP contribution in [0.5, 0.6) is 0 Å². The third-order valence-corrected chi connectivity index (χ3v) is 7.18. The topological polar surface area (TPSA) is 173 Å². The van der Waals surface area contributed by atoms with Crippen molar-refractivity contribution in [2.45, 2.75) is 31.5 Å². The van der Waals surface area contributed by atoms with Crippen molar-refractivity contribution >= 4 is 51.9 Å². The lowest BCUT2D eigenvalue weighted by molar-refractivity contribution is -0.689. The Morgan fingerprint density at radius 1 is 1.44 bits per heavy atom. The molecule has 4 rings (SSSR count). The summed E-state index contributed by atoms with van der Waals surface area (Å²) < 4.78 is 11.0. The number of fused-ring (bicyclic) bond motifs is 1. The number of nitrogen functional groups attached to an aromatic ring is 1. The molecule has 1 unspecified atom stereocenters. The second-order valence-corrected chi connectivity index (χ2v) is 9.64. The molecule has 2 aliphatic heterocycles. The van der Waals surface area contributed by atoms with Gasteiger partial charge in [0.15, 0.2) is 24.1 Å². The summed E-state index contributed by atoms with van der Waals surface area (Å²) >= 11 is 2.26. The summed E-state index contributed by atoms with van der Waals surface area (Å²) in [6.45, 7) is 2.61. The summed E-state index contributed by atoms with van der Waals surface area (Å²) in [4.78, 5) is 48.3. The number of carbonyl (C=O) groups is 3. The Bertz CT molecular complexity index is 1250. The molecule has 0 spiro atoms. The number of anilines is 1. The van der Waals surface area contributed by atoms with Gasteiger partial charge in [-0.15, -0.1) is 11.8 Å². The minimum atomic E-state index is -1.21. The number of hydrogen-bond donors (Lipinski definition) is 3. The Morgan fingerprint density at radius 3 is 2.92 bits per heavy atom. The second-order valence-electron chi connectivity index (χ2n) is 7.75. The van der Waals surface area contributed by atoms with Crippen molar-refractivity contribution in [3.05, 3.63) is 47.2 Å². The molecule has 0 aromatic carbocycles. The van der Waals surface area contributed by atoms with Gasteiger partial charge in [0.2, 0.25) is 11.5 Å². The van der Waals surface area contributed by atoms with E-state index in [1.807, 2.05) is 29.1 Å². The average Bonchev–Trinajstić information content (AvgIpc) is 3.28. The van der Waals surface area contributed by atoms with Gasteiger partial charge >= 0.3 is 5.97 Å². The number of nitrogens with zero attached hydrogens (tertiary/aromatic N) is 5. The highest BCUT2D eigenvalue weighted by Crippen LogP contribution is 2.40. The maximum Gasteiger partial charge on any atom is 0.352 e. The fourth-order valence-electron chi connectivity index (χ4n) is 3.81. The molecule has 0 radical (unpaired) electrons. The number of carbonyl (C=O) groups excluding carboxylic acids is 2. The lowest BCUT2D eigenvalue weighted by Crippen LogP contribution is -2.71. The highest BCUT2D eigenvalue weighted by Gasteiger charge is 2.54. The molecule has 13 nitrogen and oxygen atoms in total. The highest BCUT2D eigenvalue weighted by molar-refractivity contribution is 8.00. The van der Waals surface area contributed by atoms with E-state index in [0.29, 0.717) is 24.5 Å². The van der Waals surface area contributed by atoms with Gasteiger partial charge in [0, 0.05) is 41.6 Å². The zero-order chi connectivity index (χ0) is 25.8. The highest BCUT2D eigenvalue weighted by atomic mass is 32.2. The van der Waals surface area contributed by atoms with Gasteiger partial charge in [-0.3, -0.25) is 14.5 Å². The number of hydrogen-bond acceptors (Lipinski definition) is 11. The molecule has 15 heteroatoms. The van der Waals surface area contributed by atoms with E-state index in [9.17, 15) is 19.5 Å². The molecular weight excluding hydrogens is 510 g/mol. The number of pyridine rings is 1. The van der Waals surface area contributed by atoms with E-state index < -0.39 is 29.2 Å². The van der Waals surface area contributed by atoms with Crippen LogP contribution in [0.25, 0.3) is 0 Å². The lowest BCUT2D eigenvalue weighted by atomic mass is 10.0. The zero-order valence-corrected chi connectivity index (χ0v) is 21.0. The SMILES string of the molecule is CCON=C(C(=O)NC1C(=O)N2C(C(=O)O)=C(C[n+]3cccc(COC)c3)CS[C@H]12)c1nsc(N)n1. The van der Waals surface area contributed by atoms with Crippen molar-refractivity contribution in [1.29, 1.82) is 0 Å². The normalized spacial score (nSPS) is 19.6. The minimum Gasteiger partial charge on any atom is -0.477 e. The molecule has 1 saturated heterocycles. The predicted octanol–water partition coefficient (Wildman–Crippen LogP) is -0.266. The van der Waals surface area contributed by atoms with E-state index in [1.165, 1.54) is 16.7 Å². The van der Waals surface area contributed by atoms with Crippen LogP contribution in [0.1, 0.15) is 18.3 Å². The van der Waals surface area contributed by atoms with Crippen molar-refractivity contribution in [2.24, 2.45) is 5.16 Å². The number of amides is 2. The lowest BCUT2D eigenvalue weighted by Gasteiger charge is -2.49. The fourth-order valence-corrected chi connectivity index (χ4v) is 5.58. The summed E-state index contributed by atoms with van der Waals surface area (Å²) in [6, 6.07) is 2.81. The van der Waals surface area contributed by atoms with Crippen LogP contribution < -0.4 is 15.6 Å². The number of aliphatic carboxylic acids is 1. The van der Waals surface area contributed by atoms with Crippen LogP contribution in [0.4, 0.5) is 5.13 Å². The first-order valence-corrected chi connectivity index (χ1v) is 12.6. The van der Waals surface area contributed by atoms with Crippen molar-refractivity contribution in [3.63, 3.8) is 0 Å². The van der Waals surface area contributed by atoms with Gasteiger partial charge in [-0.2, -0.15) is 9.36 Å². The Labute approximate surface area is 214 Å². The largest absolute Gasteiger partial charge is 0.477 e. The molecule has 0 saturated carbocycles. The smallest absolute Gasteiger partial charge is 0.352 e. The van der Waals surface area contributed by atoms with Crippen LogP contribution in [-0.2, 0) is 37.1 Å². The molecule has 0 bridgehead atoms. The van der Waals surface area contributed by atoms with Crippen LogP contribution >= 0.6 is 23.3 Å². The molecule has 1 fully saturated rings. The third-order valence-electron chi connectivity index (χ3n) is 5.29. The molecule has 4 N–H and O–H groups in total. The molecule has 36 heavy (non-hydrogen) atoms. The Hall–Kier alpha value is -3.56. The van der Waals surface area contributed by atoms with Gasteiger partial charge in [-0.05, 0) is 13.0 Å². The van der Waals surface area contributed by atoms with E-state index in [0.717, 1.165) is 17.1 Å². The Morgan fingerprint density at radius 2 is 2.25 bits per heavy atom. The fraction of sp³-hybridized carbons (Fsp3) is 0.381. The van der Waals surface area contributed by atoms with Crippen LogP contribution in [0, 0.1) is 0 Å². The van der Waals surface area contributed by atoms with E-state index in [1.54, 1.807) is 14.0 Å². The number of ether oxygens (including phenoxy) is 1. The van der Waals surface area contributed by atoms with Crippen molar-refractivity contribution < 1.29 is 33.6 Å². The maximum atomic E-state index is 13.0. The van der Waals surface area contributed by atoms with Gasteiger partial charge in [0.1, 0.15) is 23.7 Å². The summed E-state index contributed by atoms with van der Waals surface area (Å²) in [5.41, 5.74) is 6.83. The number of methoxy groups -OCH3 is 1. The van der Waals surface area contributed by atoms with Crippen LogP contribution in [-0.4, -0.2) is 73.7 Å². The first kappa shape index (κ1) is 25.5. The molecular formula is C21H24N7O6S2+. The molecule has 0 aliphatic carbocycles. The van der Waals surface area contributed by atoms with E-state index >= 15 is 0 Å². The van der Waals surface area contributed by atoms with Crippen molar-refractivity contribution in [1.82, 2.24) is 19.6 Å². The van der Waals surface area contributed by atoms with E-state index in [4.69, 9.17) is 15.3 Å². The first-order chi connectivity index (χ1) is 17.3. The second kappa shape index (κ2) is 11.0. The number of oxime groups is 1. The number of nitrogens with two attached hydrogens (primary N) is 1. The summed E-state index contributed by atoms with van der Waals surface area (Å²) in [7, 11) is 1.60. The molecule has 2 aromatic heterocycles. The number of thioether (sulfide) groups is 1. The maximum absolute atomic E-state index is 13.0. The summed E-state index contributed by atoms with van der Waals surface area (Å²) in [5.74, 6) is -2.12. The van der Waals surface area contributed by atoms with Crippen LogP contribution in [0.3, 0.4) is 0 Å². The molecule has 2 aliphatic rings. The number of carboxylic acids is 1. The van der Waals surface area contributed by atoms with Gasteiger partial charge in [-0.25, -0.2) is 9.36 Å². The number of β-lactam (4-membered cyclic amide) rings is 1. The van der Waals surface area contributed by atoms with Crippen molar-refractivity contribution in [2.75, 3.05) is 25.2 Å². The van der Waals surface area contributed by atoms with Gasteiger partial charge in [0.05, 0.1) is 6.61 Å². The molecule has 190 valence electrons. The quantitative estimate of drug-likeness (QED) is 0.159. The van der Waals surface area contributed by atoms with E-state index in [-0.39, 0.29) is 29.0 Å². The number of carboxylic acid groups (broad SMARTS) is 1. The van der Waals surface area contributed by atoms with Crippen LogP contribution in [0.2, 0.25) is 0 Å². The third kappa shape index (κ3) is 5.17. The Balaban J connectivity index is 1.52. The van der Waals surface area contributed by atoms with Crippen molar-refractivity contribution in [3.8, 4) is 0 Å². The first-order valence-electron chi connectivity index (χ1n) is 10.8. The average molecular weight is 535 g/mol. The number of aromatic nitrogens is 3.